The lowest BCUT2D eigenvalue weighted by atomic mass is 10.2. The van der Waals surface area contributed by atoms with Gasteiger partial charge in [-0.3, -0.25) is 9.63 Å². The van der Waals surface area contributed by atoms with E-state index in [4.69, 9.17) is 4.74 Å². The van der Waals surface area contributed by atoms with E-state index in [9.17, 15) is 4.79 Å². The number of hydrogen-bond acceptors (Lipinski definition) is 3. The second-order valence-corrected chi connectivity index (χ2v) is 1.93. The van der Waals surface area contributed by atoms with Crippen molar-refractivity contribution in [1.29, 1.82) is 0 Å². The molecule has 1 amide bonds. The summed E-state index contributed by atoms with van der Waals surface area (Å²) in [5.41, 5.74) is 2.24. The minimum Gasteiger partial charge on any atom is -0.384 e. The number of amides is 1. The lowest BCUT2D eigenvalue weighted by Gasteiger charge is -1.99. The zero-order valence-electron chi connectivity index (χ0n) is 5.22. The third-order valence-electron chi connectivity index (χ3n) is 1.20. The zero-order chi connectivity index (χ0) is 6.69. The fraction of sp³-hybridized carbons (Fsp3) is 0.800. The fourth-order valence-electron chi connectivity index (χ4n) is 0.697. The van der Waals surface area contributed by atoms with Crippen molar-refractivity contribution < 1.29 is 14.4 Å². The minimum atomic E-state index is -0.116. The number of carbonyl (C=O) groups excluding carboxylic acids is 1. The SMILES string of the molecule is COC[C@@H]1CONC1=O. The lowest BCUT2D eigenvalue weighted by Crippen LogP contribution is -2.21. The van der Waals surface area contributed by atoms with Crippen molar-refractivity contribution in [2.45, 2.75) is 0 Å². The van der Waals surface area contributed by atoms with Crippen LogP contribution in [0, 0.1) is 5.92 Å². The highest BCUT2D eigenvalue weighted by Crippen LogP contribution is 2.03. The maximum absolute atomic E-state index is 10.6. The first-order chi connectivity index (χ1) is 4.34. The molecule has 1 atom stereocenters. The Hall–Kier alpha value is -0.610. The molecule has 0 spiro atoms. The minimum absolute atomic E-state index is 0.0862. The molecular weight excluding hydrogens is 122 g/mol. The topological polar surface area (TPSA) is 47.6 Å². The average Bonchev–Trinajstić information content (AvgIpc) is 2.18. The Morgan fingerprint density at radius 1 is 2.00 bits per heavy atom. The zero-order valence-corrected chi connectivity index (χ0v) is 5.22. The van der Waals surface area contributed by atoms with Gasteiger partial charge in [-0.05, 0) is 0 Å². The largest absolute Gasteiger partial charge is 0.384 e. The molecule has 0 radical (unpaired) electrons. The number of hydrogen-bond donors (Lipinski definition) is 1. The van der Waals surface area contributed by atoms with Crippen molar-refractivity contribution >= 4 is 5.91 Å². The number of hydroxylamine groups is 1. The molecule has 1 aliphatic rings. The number of rotatable bonds is 2. The number of nitrogens with one attached hydrogen (secondary N) is 1. The van der Waals surface area contributed by atoms with Crippen LogP contribution in [0.2, 0.25) is 0 Å². The van der Waals surface area contributed by atoms with Crippen molar-refractivity contribution in [2.24, 2.45) is 5.92 Å². The molecule has 52 valence electrons. The highest BCUT2D eigenvalue weighted by atomic mass is 16.7. The fourth-order valence-corrected chi connectivity index (χ4v) is 0.697. The summed E-state index contributed by atoms with van der Waals surface area (Å²) in [4.78, 5) is 15.3. The van der Waals surface area contributed by atoms with Crippen LogP contribution in [0.25, 0.3) is 0 Å². The molecule has 1 saturated heterocycles. The quantitative estimate of drug-likeness (QED) is 0.539. The monoisotopic (exact) mass is 131 g/mol. The predicted octanol–water partition coefficient (Wildman–Crippen LogP) is -0.690. The molecule has 0 unspecified atom stereocenters. The molecule has 1 fully saturated rings. The summed E-state index contributed by atoms with van der Waals surface area (Å²) in [7, 11) is 1.56. The Morgan fingerprint density at radius 2 is 2.78 bits per heavy atom. The summed E-state index contributed by atoms with van der Waals surface area (Å²) in [6, 6.07) is 0. The van der Waals surface area contributed by atoms with E-state index in [0.29, 0.717) is 13.2 Å². The van der Waals surface area contributed by atoms with Crippen molar-refractivity contribution in [3.63, 3.8) is 0 Å². The van der Waals surface area contributed by atoms with Crippen molar-refractivity contribution in [2.75, 3.05) is 20.3 Å². The number of methoxy groups -OCH3 is 1. The first kappa shape index (κ1) is 6.51. The standard InChI is InChI=1S/C5H9NO3/c1-8-2-4-3-9-6-5(4)7/h4H,2-3H2,1H3,(H,6,7)/t4-/m1/s1. The number of carbonyl (C=O) groups is 1. The Bertz CT molecular complexity index is 115. The van der Waals surface area contributed by atoms with E-state index >= 15 is 0 Å². The Labute approximate surface area is 53.1 Å². The van der Waals surface area contributed by atoms with Gasteiger partial charge in [-0.25, -0.2) is 5.48 Å². The Balaban J connectivity index is 2.31. The summed E-state index contributed by atoms with van der Waals surface area (Å²) in [5, 5.41) is 0. The van der Waals surface area contributed by atoms with Gasteiger partial charge in [0, 0.05) is 7.11 Å². The third-order valence-corrected chi connectivity index (χ3v) is 1.20. The second kappa shape index (κ2) is 2.80. The van der Waals surface area contributed by atoms with Crippen LogP contribution in [0.5, 0.6) is 0 Å². The van der Waals surface area contributed by atoms with E-state index in [0.717, 1.165) is 0 Å². The Kier molecular flexibility index (Phi) is 2.02. The van der Waals surface area contributed by atoms with E-state index in [2.05, 4.69) is 10.3 Å². The van der Waals surface area contributed by atoms with Crippen LogP contribution in [0.15, 0.2) is 0 Å². The maximum Gasteiger partial charge on any atom is 0.251 e. The summed E-state index contributed by atoms with van der Waals surface area (Å²) >= 11 is 0. The molecule has 1 N–H and O–H groups in total. The second-order valence-electron chi connectivity index (χ2n) is 1.93. The summed E-state index contributed by atoms with van der Waals surface area (Å²) < 4.78 is 4.76. The highest BCUT2D eigenvalue weighted by Gasteiger charge is 2.24. The van der Waals surface area contributed by atoms with Gasteiger partial charge in [-0.1, -0.05) is 0 Å². The molecule has 1 heterocycles. The van der Waals surface area contributed by atoms with Crippen molar-refractivity contribution in [3.8, 4) is 0 Å². The van der Waals surface area contributed by atoms with E-state index in [1.807, 2.05) is 0 Å². The van der Waals surface area contributed by atoms with Gasteiger partial charge < -0.3 is 4.74 Å². The molecule has 0 aromatic heterocycles. The smallest absolute Gasteiger partial charge is 0.251 e. The van der Waals surface area contributed by atoms with Gasteiger partial charge in [-0.15, -0.1) is 0 Å². The van der Waals surface area contributed by atoms with Gasteiger partial charge in [0.2, 0.25) is 0 Å². The van der Waals surface area contributed by atoms with Crippen molar-refractivity contribution in [1.82, 2.24) is 5.48 Å². The van der Waals surface area contributed by atoms with Crippen LogP contribution in [-0.4, -0.2) is 26.2 Å². The molecule has 4 nitrogen and oxygen atoms in total. The summed E-state index contributed by atoms with van der Waals surface area (Å²) in [6.07, 6.45) is 0. The molecule has 0 aromatic carbocycles. The molecule has 4 heteroatoms. The van der Waals surface area contributed by atoms with Gasteiger partial charge in [0.05, 0.1) is 19.1 Å². The van der Waals surface area contributed by atoms with Crippen LogP contribution in [0.1, 0.15) is 0 Å². The molecule has 0 saturated carbocycles. The predicted molar refractivity (Wildman–Crippen MR) is 29.5 cm³/mol. The summed E-state index contributed by atoms with van der Waals surface area (Å²) in [6.45, 7) is 0.860. The van der Waals surface area contributed by atoms with Gasteiger partial charge in [0.1, 0.15) is 0 Å². The molecule has 1 aliphatic heterocycles. The van der Waals surface area contributed by atoms with Gasteiger partial charge in [0.15, 0.2) is 0 Å². The van der Waals surface area contributed by atoms with Crippen molar-refractivity contribution in [3.05, 3.63) is 0 Å². The molecule has 9 heavy (non-hydrogen) atoms. The normalized spacial score (nSPS) is 26.3. The first-order valence-corrected chi connectivity index (χ1v) is 2.75. The van der Waals surface area contributed by atoms with Crippen LogP contribution in [0.3, 0.4) is 0 Å². The Morgan fingerprint density at radius 3 is 3.22 bits per heavy atom. The molecule has 0 bridgehead atoms. The average molecular weight is 131 g/mol. The van der Waals surface area contributed by atoms with E-state index < -0.39 is 0 Å². The number of ether oxygens (including phenoxy) is 1. The van der Waals surface area contributed by atoms with E-state index in [1.54, 1.807) is 7.11 Å². The highest BCUT2D eigenvalue weighted by molar-refractivity contribution is 5.79. The van der Waals surface area contributed by atoms with Crippen LogP contribution in [0.4, 0.5) is 0 Å². The molecule has 0 aliphatic carbocycles. The molecule has 0 aromatic rings. The van der Waals surface area contributed by atoms with Crippen LogP contribution in [-0.2, 0) is 14.4 Å². The van der Waals surface area contributed by atoms with E-state index in [-0.39, 0.29) is 11.8 Å². The van der Waals surface area contributed by atoms with Crippen LogP contribution >= 0.6 is 0 Å². The van der Waals surface area contributed by atoms with Gasteiger partial charge in [0.25, 0.3) is 5.91 Å². The first-order valence-electron chi connectivity index (χ1n) is 2.75. The lowest BCUT2D eigenvalue weighted by molar-refractivity contribution is -0.126. The third kappa shape index (κ3) is 1.40. The van der Waals surface area contributed by atoms with Crippen LogP contribution < -0.4 is 5.48 Å². The molecular formula is C5H9NO3. The van der Waals surface area contributed by atoms with Gasteiger partial charge in [-0.2, -0.15) is 0 Å². The maximum atomic E-state index is 10.6. The molecule has 1 rings (SSSR count). The van der Waals surface area contributed by atoms with E-state index in [1.165, 1.54) is 0 Å². The van der Waals surface area contributed by atoms with Gasteiger partial charge >= 0.3 is 0 Å². The summed E-state index contributed by atoms with van der Waals surface area (Å²) in [5.74, 6) is -0.202.